The van der Waals surface area contributed by atoms with E-state index < -0.39 is 92.7 Å². The number of allylic oxidation sites excluding steroid dienone is 2. The number of ether oxygens (including phenoxy) is 6. The lowest BCUT2D eigenvalue weighted by Crippen LogP contribution is -2.61. The average Bonchev–Trinajstić information content (AvgIpc) is 3.24. The van der Waals surface area contributed by atoms with Gasteiger partial charge in [0.25, 0.3) is 0 Å². The van der Waals surface area contributed by atoms with Gasteiger partial charge >= 0.3 is 11.9 Å². The highest BCUT2D eigenvalue weighted by molar-refractivity contribution is 5.70. The second-order valence-electron chi connectivity index (χ2n) is 16.6. The minimum atomic E-state index is -1.76. The van der Waals surface area contributed by atoms with Crippen molar-refractivity contribution < 1.29 is 73.8 Å². The van der Waals surface area contributed by atoms with Gasteiger partial charge in [-0.1, -0.05) is 129 Å². The molecule has 11 unspecified atom stereocenters. The molecule has 0 radical (unpaired) electrons. The quantitative estimate of drug-likeness (QED) is 0.0252. The van der Waals surface area contributed by atoms with Crippen molar-refractivity contribution in [1.29, 1.82) is 0 Å². The number of carbonyl (C=O) groups is 2. The SMILES string of the molecule is CCCCCCCC/C=C\CCCCCCCCCCCC(=O)OC(COC(=O)CCCCCCC)COC1OC(COC2OC(CO)C(O)C(O)C2O)C(O)C(O)C1O. The van der Waals surface area contributed by atoms with Crippen LogP contribution in [0.15, 0.2) is 12.2 Å². The Balaban J connectivity index is 1.76. The van der Waals surface area contributed by atoms with E-state index in [0.717, 1.165) is 51.4 Å². The summed E-state index contributed by atoms with van der Waals surface area (Å²) in [5.74, 6) is -0.937. The normalized spacial score (nSPS) is 27.6. The van der Waals surface area contributed by atoms with Crippen molar-refractivity contribution in [2.45, 2.75) is 235 Å². The first-order valence-electron chi connectivity index (χ1n) is 23.3. The number of aliphatic hydroxyl groups excluding tert-OH is 7. The molecule has 2 aliphatic rings. The minimum Gasteiger partial charge on any atom is -0.462 e. The predicted octanol–water partition coefficient (Wildman–Crippen LogP) is 5.04. The molecule has 2 aliphatic heterocycles. The summed E-state index contributed by atoms with van der Waals surface area (Å²) in [7, 11) is 0. The standard InChI is InChI=1S/C45H82O15/c1-3-5-7-9-10-11-12-13-14-15-16-17-18-19-20-21-22-24-26-28-37(48)58-33(30-55-36(47)27-25-23-8-6-4-2)31-56-44-43(54)41(52)39(50)35(60-44)32-57-45-42(53)40(51)38(49)34(29-46)59-45/h13-14,33-35,38-46,49-54H,3-12,15-32H2,1-2H3/b14-13-. The maximum Gasteiger partial charge on any atom is 0.306 e. The van der Waals surface area contributed by atoms with Gasteiger partial charge in [-0.15, -0.1) is 0 Å². The fourth-order valence-corrected chi connectivity index (χ4v) is 7.33. The number of rotatable bonds is 35. The van der Waals surface area contributed by atoms with Crippen LogP contribution >= 0.6 is 0 Å². The molecule has 0 spiro atoms. The summed E-state index contributed by atoms with van der Waals surface area (Å²) in [6, 6.07) is 0. The molecule has 2 saturated heterocycles. The van der Waals surface area contributed by atoms with E-state index in [1.807, 2.05) is 0 Å². The molecule has 60 heavy (non-hydrogen) atoms. The van der Waals surface area contributed by atoms with Crippen LogP contribution in [-0.2, 0) is 38.0 Å². The van der Waals surface area contributed by atoms with Gasteiger partial charge in [0.15, 0.2) is 18.7 Å². The Morgan fingerprint density at radius 1 is 0.517 bits per heavy atom. The lowest BCUT2D eigenvalue weighted by atomic mass is 9.98. The predicted molar refractivity (Wildman–Crippen MR) is 224 cm³/mol. The Labute approximate surface area is 359 Å². The van der Waals surface area contributed by atoms with Crippen LogP contribution in [-0.4, -0.2) is 142 Å². The summed E-state index contributed by atoms with van der Waals surface area (Å²) in [6.07, 6.45) is 13.1. The molecule has 0 amide bonds. The van der Waals surface area contributed by atoms with Gasteiger partial charge in [0.1, 0.15) is 55.4 Å². The molecular weight excluding hydrogens is 780 g/mol. The van der Waals surface area contributed by atoms with Gasteiger partial charge in [-0.2, -0.15) is 0 Å². The highest BCUT2D eigenvalue weighted by atomic mass is 16.7. The zero-order chi connectivity index (χ0) is 44.0. The molecule has 15 heteroatoms. The van der Waals surface area contributed by atoms with Crippen molar-refractivity contribution in [2.75, 3.05) is 26.4 Å². The fourth-order valence-electron chi connectivity index (χ4n) is 7.33. The smallest absolute Gasteiger partial charge is 0.306 e. The molecule has 7 N–H and O–H groups in total. The van der Waals surface area contributed by atoms with E-state index in [9.17, 15) is 45.3 Å². The molecule has 0 aromatic carbocycles. The average molecular weight is 863 g/mol. The fraction of sp³-hybridized carbons (Fsp3) is 0.911. The molecule has 0 aliphatic carbocycles. The van der Waals surface area contributed by atoms with Gasteiger partial charge in [0.2, 0.25) is 0 Å². The van der Waals surface area contributed by atoms with Crippen molar-refractivity contribution in [3.05, 3.63) is 12.2 Å². The van der Waals surface area contributed by atoms with Crippen molar-refractivity contribution in [1.82, 2.24) is 0 Å². The van der Waals surface area contributed by atoms with Crippen molar-refractivity contribution in [3.8, 4) is 0 Å². The summed E-state index contributed by atoms with van der Waals surface area (Å²) in [5.41, 5.74) is 0. The van der Waals surface area contributed by atoms with E-state index in [1.54, 1.807) is 0 Å². The summed E-state index contributed by atoms with van der Waals surface area (Å²) >= 11 is 0. The van der Waals surface area contributed by atoms with E-state index in [0.29, 0.717) is 12.8 Å². The minimum absolute atomic E-state index is 0.166. The third-order valence-corrected chi connectivity index (χ3v) is 11.2. The Morgan fingerprint density at radius 2 is 0.950 bits per heavy atom. The van der Waals surface area contributed by atoms with Gasteiger partial charge < -0.3 is 64.2 Å². The molecule has 2 fully saturated rings. The largest absolute Gasteiger partial charge is 0.462 e. The van der Waals surface area contributed by atoms with Crippen molar-refractivity contribution >= 4 is 11.9 Å². The zero-order valence-electron chi connectivity index (χ0n) is 36.7. The lowest BCUT2D eigenvalue weighted by molar-refractivity contribution is -0.332. The highest BCUT2D eigenvalue weighted by Crippen LogP contribution is 2.26. The monoisotopic (exact) mass is 863 g/mol. The zero-order valence-corrected chi connectivity index (χ0v) is 36.7. The first kappa shape index (κ1) is 54.4. The molecule has 15 nitrogen and oxygen atoms in total. The van der Waals surface area contributed by atoms with Gasteiger partial charge in [0, 0.05) is 12.8 Å². The maximum absolute atomic E-state index is 12.9. The van der Waals surface area contributed by atoms with Gasteiger partial charge in [-0.3, -0.25) is 9.59 Å². The summed E-state index contributed by atoms with van der Waals surface area (Å²) in [4.78, 5) is 25.4. The summed E-state index contributed by atoms with van der Waals surface area (Å²) < 4.78 is 33.3. The van der Waals surface area contributed by atoms with E-state index in [-0.39, 0.29) is 26.1 Å². The molecule has 0 saturated carbocycles. The van der Waals surface area contributed by atoms with E-state index >= 15 is 0 Å². The summed E-state index contributed by atoms with van der Waals surface area (Å²) in [6.45, 7) is 2.48. The van der Waals surface area contributed by atoms with Gasteiger partial charge in [-0.25, -0.2) is 0 Å². The van der Waals surface area contributed by atoms with Crippen LogP contribution in [0, 0.1) is 0 Å². The number of unbranched alkanes of at least 4 members (excludes halogenated alkanes) is 19. The molecular formula is C45H82O15. The van der Waals surface area contributed by atoms with Crippen LogP contribution in [0.1, 0.15) is 168 Å². The molecule has 11 atom stereocenters. The van der Waals surface area contributed by atoms with E-state index in [4.69, 9.17) is 28.4 Å². The molecule has 0 aromatic rings. The Morgan fingerprint density at radius 3 is 1.47 bits per heavy atom. The third kappa shape index (κ3) is 22.5. The first-order chi connectivity index (χ1) is 29.0. The molecule has 352 valence electrons. The molecule has 2 heterocycles. The molecule has 2 rings (SSSR count). The number of hydrogen-bond acceptors (Lipinski definition) is 15. The summed E-state index contributed by atoms with van der Waals surface area (Å²) in [5, 5.41) is 71.7. The highest BCUT2D eigenvalue weighted by Gasteiger charge is 2.47. The van der Waals surface area contributed by atoms with Crippen LogP contribution in [0.4, 0.5) is 0 Å². The Hall–Kier alpha value is -1.76. The van der Waals surface area contributed by atoms with Crippen LogP contribution in [0.25, 0.3) is 0 Å². The maximum atomic E-state index is 12.9. The number of aliphatic hydroxyl groups is 7. The van der Waals surface area contributed by atoms with E-state index in [1.165, 1.54) is 77.0 Å². The molecule has 0 bridgehead atoms. The Bertz CT molecular complexity index is 1110. The second kappa shape index (κ2) is 33.8. The third-order valence-electron chi connectivity index (χ3n) is 11.2. The van der Waals surface area contributed by atoms with Crippen LogP contribution < -0.4 is 0 Å². The number of esters is 2. The number of carbonyl (C=O) groups excluding carboxylic acids is 2. The van der Waals surface area contributed by atoms with Crippen LogP contribution in [0.3, 0.4) is 0 Å². The van der Waals surface area contributed by atoms with E-state index in [2.05, 4.69) is 26.0 Å². The second-order valence-corrected chi connectivity index (χ2v) is 16.6. The van der Waals surface area contributed by atoms with Crippen LogP contribution in [0.5, 0.6) is 0 Å². The van der Waals surface area contributed by atoms with Gasteiger partial charge in [0.05, 0.1) is 19.8 Å². The topological polar surface area (TPSA) is 231 Å². The van der Waals surface area contributed by atoms with Crippen molar-refractivity contribution in [3.63, 3.8) is 0 Å². The van der Waals surface area contributed by atoms with Crippen LogP contribution in [0.2, 0.25) is 0 Å². The van der Waals surface area contributed by atoms with Gasteiger partial charge in [-0.05, 0) is 38.5 Å². The lowest BCUT2D eigenvalue weighted by Gasteiger charge is -2.42. The Kier molecular flexibility index (Phi) is 30.6. The van der Waals surface area contributed by atoms with Crippen molar-refractivity contribution in [2.24, 2.45) is 0 Å². The number of hydrogen-bond donors (Lipinski definition) is 7. The first-order valence-corrected chi connectivity index (χ1v) is 23.3. The molecule has 0 aromatic heterocycles.